The van der Waals surface area contributed by atoms with Gasteiger partial charge in [0.1, 0.15) is 0 Å². The first-order valence-corrected chi connectivity index (χ1v) is 4.95. The Balaban J connectivity index is 0.00000128. The molecule has 0 aromatic heterocycles. The van der Waals surface area contributed by atoms with Gasteiger partial charge in [-0.05, 0) is 35.9 Å². The lowest BCUT2D eigenvalue weighted by atomic mass is 10.0. The van der Waals surface area contributed by atoms with Crippen LogP contribution < -0.4 is 11.5 Å². The fourth-order valence-electron chi connectivity index (χ4n) is 1.45. The molecule has 0 saturated heterocycles. The van der Waals surface area contributed by atoms with E-state index in [-0.39, 0.29) is 24.8 Å². The van der Waals surface area contributed by atoms with Gasteiger partial charge in [-0.2, -0.15) is 0 Å². The van der Waals surface area contributed by atoms with Crippen LogP contribution in [0.25, 0.3) is 11.1 Å². The molecule has 92 valence electrons. The molecule has 0 atom stereocenters. The quantitative estimate of drug-likeness (QED) is 0.780. The van der Waals surface area contributed by atoms with Crippen LogP contribution in [0.5, 0.6) is 0 Å². The summed E-state index contributed by atoms with van der Waals surface area (Å²) in [5.74, 6) is 0. The summed E-state index contributed by atoms with van der Waals surface area (Å²) in [7, 11) is 0. The molecule has 0 spiro atoms. The van der Waals surface area contributed by atoms with Gasteiger partial charge < -0.3 is 11.5 Å². The zero-order chi connectivity index (χ0) is 10.8. The standard InChI is InChI=1S/C12H11ClN2.2ClH/c13-9-3-1-8(2-4-9)11-7-10(14)5-6-12(11)15;;/h1-7H,14-15H2;2*1H. The van der Waals surface area contributed by atoms with E-state index in [2.05, 4.69) is 0 Å². The Morgan fingerprint density at radius 2 is 1.41 bits per heavy atom. The van der Waals surface area contributed by atoms with Gasteiger partial charge in [0.15, 0.2) is 0 Å². The number of nitrogen functional groups attached to an aromatic ring is 2. The van der Waals surface area contributed by atoms with Crippen molar-refractivity contribution in [2.45, 2.75) is 0 Å². The van der Waals surface area contributed by atoms with Crippen LogP contribution in [0.2, 0.25) is 5.02 Å². The van der Waals surface area contributed by atoms with E-state index in [1.54, 1.807) is 12.1 Å². The second-order valence-corrected chi connectivity index (χ2v) is 3.79. The third-order valence-corrected chi connectivity index (χ3v) is 2.48. The van der Waals surface area contributed by atoms with E-state index >= 15 is 0 Å². The van der Waals surface area contributed by atoms with Gasteiger partial charge in [0.25, 0.3) is 0 Å². The summed E-state index contributed by atoms with van der Waals surface area (Å²) < 4.78 is 0. The highest BCUT2D eigenvalue weighted by Crippen LogP contribution is 2.28. The number of anilines is 2. The molecule has 0 fully saturated rings. The number of hydrogen-bond acceptors (Lipinski definition) is 2. The molecule has 0 unspecified atom stereocenters. The third kappa shape index (κ3) is 3.70. The molecule has 0 bridgehead atoms. The molecule has 0 amide bonds. The molecule has 0 saturated carbocycles. The average Bonchev–Trinajstić information content (AvgIpc) is 2.23. The van der Waals surface area contributed by atoms with Crippen molar-refractivity contribution in [3.8, 4) is 11.1 Å². The Morgan fingerprint density at radius 1 is 0.824 bits per heavy atom. The van der Waals surface area contributed by atoms with Gasteiger partial charge in [-0.15, -0.1) is 24.8 Å². The third-order valence-electron chi connectivity index (χ3n) is 2.23. The van der Waals surface area contributed by atoms with Gasteiger partial charge in [-0.1, -0.05) is 23.7 Å². The van der Waals surface area contributed by atoms with Gasteiger partial charge >= 0.3 is 0 Å². The largest absolute Gasteiger partial charge is 0.399 e. The van der Waals surface area contributed by atoms with Crippen LogP contribution in [-0.2, 0) is 0 Å². The van der Waals surface area contributed by atoms with Gasteiger partial charge in [0, 0.05) is 22.0 Å². The molecule has 2 rings (SSSR count). The van der Waals surface area contributed by atoms with Crippen LogP contribution in [0.15, 0.2) is 42.5 Å². The molecule has 2 aromatic rings. The Morgan fingerprint density at radius 3 is 2.00 bits per heavy atom. The van der Waals surface area contributed by atoms with Crippen molar-refractivity contribution in [3.63, 3.8) is 0 Å². The second-order valence-electron chi connectivity index (χ2n) is 3.35. The molecule has 0 aliphatic rings. The number of hydrogen-bond donors (Lipinski definition) is 2. The minimum absolute atomic E-state index is 0. The van der Waals surface area contributed by atoms with Crippen LogP contribution in [0.3, 0.4) is 0 Å². The Labute approximate surface area is 118 Å². The Hall–Kier alpha value is -1.09. The van der Waals surface area contributed by atoms with Crippen molar-refractivity contribution in [1.29, 1.82) is 0 Å². The summed E-state index contributed by atoms with van der Waals surface area (Å²) >= 11 is 5.81. The summed E-state index contributed by atoms with van der Waals surface area (Å²) in [6, 6.07) is 13.0. The monoisotopic (exact) mass is 290 g/mol. The predicted octanol–water partition coefficient (Wildman–Crippen LogP) is 4.02. The molecule has 2 aromatic carbocycles. The molecule has 4 N–H and O–H groups in total. The van der Waals surface area contributed by atoms with Crippen LogP contribution in [0.1, 0.15) is 0 Å². The van der Waals surface area contributed by atoms with Gasteiger partial charge in [-0.25, -0.2) is 0 Å². The number of halogens is 3. The van der Waals surface area contributed by atoms with Crippen LogP contribution in [0.4, 0.5) is 11.4 Å². The zero-order valence-corrected chi connectivity index (χ0v) is 11.3. The van der Waals surface area contributed by atoms with Crippen molar-refractivity contribution in [2.75, 3.05) is 11.5 Å². The summed E-state index contributed by atoms with van der Waals surface area (Å²) in [4.78, 5) is 0. The maximum atomic E-state index is 5.87. The fourth-order valence-corrected chi connectivity index (χ4v) is 1.58. The number of benzene rings is 2. The molecule has 2 nitrogen and oxygen atoms in total. The minimum Gasteiger partial charge on any atom is -0.399 e. The first-order valence-electron chi connectivity index (χ1n) is 4.58. The Bertz CT molecular complexity index is 484. The maximum absolute atomic E-state index is 5.87. The SMILES string of the molecule is Cl.Cl.Nc1ccc(N)c(-c2ccc(Cl)cc2)c1. The topological polar surface area (TPSA) is 52.0 Å². The normalized spacial score (nSPS) is 9.00. The molecule has 0 radical (unpaired) electrons. The highest BCUT2D eigenvalue weighted by atomic mass is 35.5. The van der Waals surface area contributed by atoms with E-state index in [1.165, 1.54) is 0 Å². The molecule has 17 heavy (non-hydrogen) atoms. The highest BCUT2D eigenvalue weighted by molar-refractivity contribution is 6.30. The molecule has 0 aliphatic carbocycles. The highest BCUT2D eigenvalue weighted by Gasteiger charge is 2.02. The number of rotatable bonds is 1. The second kappa shape index (κ2) is 6.60. The van der Waals surface area contributed by atoms with Crippen molar-refractivity contribution in [3.05, 3.63) is 47.5 Å². The predicted molar refractivity (Wildman–Crippen MR) is 80.2 cm³/mol. The summed E-state index contributed by atoms with van der Waals surface area (Å²) in [5, 5.41) is 0.709. The lowest BCUT2D eigenvalue weighted by Gasteiger charge is -2.06. The van der Waals surface area contributed by atoms with E-state index < -0.39 is 0 Å². The molecular formula is C12H13Cl3N2. The van der Waals surface area contributed by atoms with E-state index in [0.717, 1.165) is 11.1 Å². The molecular weight excluding hydrogens is 279 g/mol. The van der Waals surface area contributed by atoms with Gasteiger partial charge in [-0.3, -0.25) is 0 Å². The first kappa shape index (κ1) is 15.9. The smallest absolute Gasteiger partial charge is 0.0406 e. The average molecular weight is 292 g/mol. The van der Waals surface area contributed by atoms with Gasteiger partial charge in [0.05, 0.1) is 0 Å². The lowest BCUT2D eigenvalue weighted by Crippen LogP contribution is -1.92. The van der Waals surface area contributed by atoms with E-state index in [4.69, 9.17) is 23.1 Å². The Kier molecular flexibility index (Phi) is 6.18. The fraction of sp³-hybridized carbons (Fsp3) is 0. The molecule has 5 heteroatoms. The zero-order valence-electron chi connectivity index (χ0n) is 8.89. The first-order chi connectivity index (χ1) is 7.16. The van der Waals surface area contributed by atoms with Crippen LogP contribution in [-0.4, -0.2) is 0 Å². The van der Waals surface area contributed by atoms with Crippen molar-refractivity contribution < 1.29 is 0 Å². The van der Waals surface area contributed by atoms with Gasteiger partial charge in [0.2, 0.25) is 0 Å². The molecule has 0 aliphatic heterocycles. The summed E-state index contributed by atoms with van der Waals surface area (Å²) in [6.07, 6.45) is 0. The van der Waals surface area contributed by atoms with Crippen LogP contribution in [0, 0.1) is 0 Å². The van der Waals surface area contributed by atoms with Crippen molar-refractivity contribution in [1.82, 2.24) is 0 Å². The van der Waals surface area contributed by atoms with Crippen molar-refractivity contribution >= 4 is 47.8 Å². The van der Waals surface area contributed by atoms with Crippen LogP contribution >= 0.6 is 36.4 Å². The van der Waals surface area contributed by atoms with Crippen molar-refractivity contribution in [2.24, 2.45) is 0 Å². The van der Waals surface area contributed by atoms with E-state index in [0.29, 0.717) is 16.4 Å². The van der Waals surface area contributed by atoms with E-state index in [1.807, 2.05) is 30.3 Å². The summed E-state index contributed by atoms with van der Waals surface area (Å²) in [6.45, 7) is 0. The summed E-state index contributed by atoms with van der Waals surface area (Å²) in [5.41, 5.74) is 15.0. The number of nitrogens with two attached hydrogens (primary N) is 2. The van der Waals surface area contributed by atoms with E-state index in [9.17, 15) is 0 Å². The lowest BCUT2D eigenvalue weighted by molar-refractivity contribution is 1.60. The molecule has 0 heterocycles. The minimum atomic E-state index is 0. The maximum Gasteiger partial charge on any atom is 0.0406 e.